The van der Waals surface area contributed by atoms with Crippen molar-refractivity contribution in [3.63, 3.8) is 0 Å². The summed E-state index contributed by atoms with van der Waals surface area (Å²) in [4.78, 5) is 40.5. The second kappa shape index (κ2) is 7.56. The fourth-order valence-electron chi connectivity index (χ4n) is 3.83. The number of likely N-dealkylation sites (tertiary alicyclic amines) is 1. The van der Waals surface area contributed by atoms with Gasteiger partial charge < -0.3 is 4.90 Å². The molecular weight excluding hydrogens is 340 g/mol. The van der Waals surface area contributed by atoms with Crippen molar-refractivity contribution < 1.29 is 14.4 Å². The summed E-state index contributed by atoms with van der Waals surface area (Å²) < 4.78 is 0. The topological polar surface area (TPSA) is 57.7 Å². The zero-order chi connectivity index (χ0) is 18.0. The Balaban J connectivity index is 1.69. The third-order valence-corrected chi connectivity index (χ3v) is 5.65. The zero-order valence-corrected chi connectivity index (χ0v) is 15.2. The Bertz CT molecular complexity index is 667. The van der Waals surface area contributed by atoms with Gasteiger partial charge in [-0.05, 0) is 31.4 Å². The first-order valence-corrected chi connectivity index (χ1v) is 9.27. The monoisotopic (exact) mass is 362 g/mol. The number of amides is 3. The largest absolute Gasteiger partial charge is 0.337 e. The van der Waals surface area contributed by atoms with E-state index in [9.17, 15) is 14.4 Å². The molecule has 3 rings (SSSR count). The zero-order valence-electron chi connectivity index (χ0n) is 14.4. The highest BCUT2D eigenvalue weighted by atomic mass is 35.5. The van der Waals surface area contributed by atoms with Gasteiger partial charge in [0, 0.05) is 18.1 Å². The van der Waals surface area contributed by atoms with Crippen LogP contribution in [0.3, 0.4) is 0 Å². The molecule has 1 aromatic rings. The van der Waals surface area contributed by atoms with E-state index < -0.39 is 0 Å². The first kappa shape index (κ1) is 17.9. The molecule has 1 aromatic carbocycles. The van der Waals surface area contributed by atoms with E-state index in [0.29, 0.717) is 18.1 Å². The van der Waals surface area contributed by atoms with Crippen molar-refractivity contribution >= 4 is 29.3 Å². The van der Waals surface area contributed by atoms with E-state index in [0.717, 1.165) is 31.2 Å². The van der Waals surface area contributed by atoms with E-state index in [1.54, 1.807) is 11.0 Å². The molecule has 3 amide bonds. The van der Waals surface area contributed by atoms with Crippen LogP contribution in [0.15, 0.2) is 24.3 Å². The summed E-state index contributed by atoms with van der Waals surface area (Å²) in [6.07, 6.45) is 3.49. The quantitative estimate of drug-likeness (QED) is 0.757. The molecule has 2 fully saturated rings. The van der Waals surface area contributed by atoms with Gasteiger partial charge in [0.1, 0.15) is 6.54 Å². The summed E-state index contributed by atoms with van der Waals surface area (Å²) in [6, 6.07) is 7.37. The summed E-state index contributed by atoms with van der Waals surface area (Å²) in [6.45, 7) is 2.58. The van der Waals surface area contributed by atoms with Crippen LogP contribution in [-0.4, -0.2) is 40.6 Å². The fraction of sp³-hybridized carbons (Fsp3) is 0.526. The van der Waals surface area contributed by atoms with Crippen molar-refractivity contribution in [1.82, 2.24) is 9.80 Å². The fourth-order valence-corrected chi connectivity index (χ4v) is 4.03. The average Bonchev–Trinajstić information content (AvgIpc) is 2.86. The maximum atomic E-state index is 12.7. The minimum absolute atomic E-state index is 0.164. The highest BCUT2D eigenvalue weighted by molar-refractivity contribution is 6.31. The van der Waals surface area contributed by atoms with Gasteiger partial charge in [-0.2, -0.15) is 0 Å². The van der Waals surface area contributed by atoms with E-state index in [-0.39, 0.29) is 36.1 Å². The number of rotatable bonds is 5. The molecule has 0 spiro atoms. The Hall–Kier alpha value is -1.88. The maximum Gasteiger partial charge on any atom is 0.243 e. The summed E-state index contributed by atoms with van der Waals surface area (Å²) in [5.41, 5.74) is 0.854. The first-order valence-electron chi connectivity index (χ1n) is 8.89. The molecule has 1 heterocycles. The molecule has 25 heavy (non-hydrogen) atoms. The summed E-state index contributed by atoms with van der Waals surface area (Å²) >= 11 is 6.17. The Morgan fingerprint density at radius 1 is 1.16 bits per heavy atom. The number of likely N-dealkylation sites (N-methyl/N-ethyl adjacent to an activating group) is 1. The molecule has 0 N–H and O–H groups in total. The molecule has 0 bridgehead atoms. The van der Waals surface area contributed by atoms with Crippen molar-refractivity contribution in [2.45, 2.75) is 39.2 Å². The van der Waals surface area contributed by atoms with Gasteiger partial charge in [0.05, 0.1) is 11.8 Å². The lowest BCUT2D eigenvalue weighted by atomic mass is 9.81. The van der Waals surface area contributed by atoms with Crippen LogP contribution in [0, 0.1) is 11.8 Å². The van der Waals surface area contributed by atoms with Crippen LogP contribution in [0.25, 0.3) is 0 Å². The molecule has 5 nitrogen and oxygen atoms in total. The minimum Gasteiger partial charge on any atom is -0.337 e. The molecule has 2 unspecified atom stereocenters. The van der Waals surface area contributed by atoms with Crippen molar-refractivity contribution in [3.05, 3.63) is 34.9 Å². The van der Waals surface area contributed by atoms with Crippen molar-refractivity contribution in [2.75, 3.05) is 13.1 Å². The molecule has 1 aliphatic carbocycles. The number of hydrogen-bond acceptors (Lipinski definition) is 3. The molecule has 1 saturated heterocycles. The van der Waals surface area contributed by atoms with E-state index in [2.05, 4.69) is 0 Å². The van der Waals surface area contributed by atoms with Gasteiger partial charge in [0.25, 0.3) is 0 Å². The summed E-state index contributed by atoms with van der Waals surface area (Å²) in [5.74, 6) is -0.989. The van der Waals surface area contributed by atoms with Crippen molar-refractivity contribution in [2.24, 2.45) is 11.8 Å². The predicted octanol–water partition coefficient (Wildman–Crippen LogP) is 2.86. The van der Waals surface area contributed by atoms with Crippen LogP contribution in [0.5, 0.6) is 0 Å². The standard InChI is InChI=1S/C19H23ClN2O3/c1-2-21(11-13-7-3-6-10-16(13)20)17(23)12-22-18(24)14-8-4-5-9-15(14)19(22)25/h3,6-7,10,14-15H,2,4-5,8-9,11-12H2,1H3. The van der Waals surface area contributed by atoms with Gasteiger partial charge in [0.15, 0.2) is 0 Å². The van der Waals surface area contributed by atoms with Crippen LogP contribution < -0.4 is 0 Å². The molecular formula is C19H23ClN2O3. The SMILES string of the molecule is CCN(Cc1ccccc1Cl)C(=O)CN1C(=O)C2CCCCC2C1=O. The van der Waals surface area contributed by atoms with Crippen LogP contribution in [0.4, 0.5) is 0 Å². The van der Waals surface area contributed by atoms with Gasteiger partial charge in [-0.15, -0.1) is 0 Å². The van der Waals surface area contributed by atoms with Crippen molar-refractivity contribution in [1.29, 1.82) is 0 Å². The Morgan fingerprint density at radius 3 is 2.32 bits per heavy atom. The highest BCUT2D eigenvalue weighted by Crippen LogP contribution is 2.37. The normalized spacial score (nSPS) is 22.9. The number of carbonyl (C=O) groups excluding carboxylic acids is 3. The summed E-state index contributed by atoms with van der Waals surface area (Å²) in [7, 11) is 0. The van der Waals surface area contributed by atoms with Crippen LogP contribution >= 0.6 is 11.6 Å². The van der Waals surface area contributed by atoms with Gasteiger partial charge in [-0.25, -0.2) is 0 Å². The number of halogens is 1. The van der Waals surface area contributed by atoms with Crippen molar-refractivity contribution in [3.8, 4) is 0 Å². The average molecular weight is 363 g/mol. The molecule has 1 saturated carbocycles. The van der Waals surface area contributed by atoms with Crippen LogP contribution in [-0.2, 0) is 20.9 Å². The Kier molecular flexibility index (Phi) is 5.42. The molecule has 6 heteroatoms. The second-order valence-electron chi connectivity index (χ2n) is 6.76. The van der Waals surface area contributed by atoms with Gasteiger partial charge >= 0.3 is 0 Å². The minimum atomic E-state index is -0.220. The Morgan fingerprint density at radius 2 is 1.76 bits per heavy atom. The predicted molar refractivity (Wildman–Crippen MR) is 94.7 cm³/mol. The van der Waals surface area contributed by atoms with Crippen LogP contribution in [0.1, 0.15) is 38.2 Å². The molecule has 1 aliphatic heterocycles. The first-order chi connectivity index (χ1) is 12.0. The summed E-state index contributed by atoms with van der Waals surface area (Å²) in [5, 5.41) is 0.605. The number of benzene rings is 1. The van der Waals surface area contributed by atoms with Gasteiger partial charge in [0.2, 0.25) is 17.7 Å². The third-order valence-electron chi connectivity index (χ3n) is 5.28. The third kappa shape index (κ3) is 3.56. The maximum absolute atomic E-state index is 12.7. The molecule has 134 valence electrons. The number of imide groups is 1. The smallest absolute Gasteiger partial charge is 0.243 e. The number of fused-ring (bicyclic) bond motifs is 1. The molecule has 2 atom stereocenters. The van der Waals surface area contributed by atoms with E-state index in [1.807, 2.05) is 25.1 Å². The number of carbonyl (C=O) groups is 3. The van der Waals surface area contributed by atoms with Gasteiger partial charge in [-0.1, -0.05) is 42.6 Å². The second-order valence-corrected chi connectivity index (χ2v) is 7.17. The van der Waals surface area contributed by atoms with E-state index in [1.165, 1.54) is 4.90 Å². The lowest BCUT2D eigenvalue weighted by Gasteiger charge is -2.24. The lowest BCUT2D eigenvalue weighted by molar-refractivity contribution is -0.146. The Labute approximate surface area is 152 Å². The lowest BCUT2D eigenvalue weighted by Crippen LogP contribution is -2.43. The molecule has 0 radical (unpaired) electrons. The number of nitrogens with zero attached hydrogens (tertiary/aromatic N) is 2. The van der Waals surface area contributed by atoms with Crippen LogP contribution in [0.2, 0.25) is 5.02 Å². The number of hydrogen-bond donors (Lipinski definition) is 0. The molecule has 2 aliphatic rings. The molecule has 0 aromatic heterocycles. The van der Waals surface area contributed by atoms with E-state index >= 15 is 0 Å². The highest BCUT2D eigenvalue weighted by Gasteiger charge is 2.48. The van der Waals surface area contributed by atoms with Gasteiger partial charge in [-0.3, -0.25) is 19.3 Å². The van der Waals surface area contributed by atoms with E-state index in [4.69, 9.17) is 11.6 Å².